The number of hydrogen-bond acceptors (Lipinski definition) is 2. The molecular weight excluding hydrogens is 198 g/mol. The topological polar surface area (TPSA) is 30.7 Å². The van der Waals surface area contributed by atoms with Gasteiger partial charge in [0.15, 0.2) is 0 Å². The molecular formula is C10H16ClN3. The molecule has 0 N–H and O–H groups in total. The highest BCUT2D eigenvalue weighted by Crippen LogP contribution is 2.38. The first kappa shape index (κ1) is 9.97. The monoisotopic (exact) mass is 213 g/mol. The second kappa shape index (κ2) is 3.89. The zero-order valence-corrected chi connectivity index (χ0v) is 9.46. The Bertz CT molecular complexity index is 298. The lowest BCUT2D eigenvalue weighted by molar-refractivity contribution is 0.420. The van der Waals surface area contributed by atoms with E-state index in [0.29, 0.717) is 11.3 Å². The fourth-order valence-electron chi connectivity index (χ4n) is 1.95. The molecule has 0 aliphatic heterocycles. The van der Waals surface area contributed by atoms with Crippen LogP contribution in [0.1, 0.15) is 44.5 Å². The number of aryl methyl sites for hydroxylation is 1. The van der Waals surface area contributed by atoms with Gasteiger partial charge in [0.2, 0.25) is 5.28 Å². The molecule has 0 bridgehead atoms. The first-order valence-electron chi connectivity index (χ1n) is 5.29. The van der Waals surface area contributed by atoms with Crippen molar-refractivity contribution < 1.29 is 0 Å². The molecule has 3 nitrogen and oxygen atoms in total. The van der Waals surface area contributed by atoms with Gasteiger partial charge in [-0.2, -0.15) is 0 Å². The molecule has 0 saturated heterocycles. The maximum Gasteiger partial charge on any atom is 0.225 e. The Morgan fingerprint density at radius 1 is 1.50 bits per heavy atom. The van der Waals surface area contributed by atoms with Gasteiger partial charge in [-0.3, -0.25) is 4.57 Å². The molecule has 1 aromatic rings. The first-order valence-corrected chi connectivity index (χ1v) is 5.67. The smallest absolute Gasteiger partial charge is 0.225 e. The standard InChI is InChI=1S/C10H16ClN3/c1-3-9(6-8-4-5-8)14-7(2)12-13-10(14)11/h8-9H,3-6H2,1-2H3. The third kappa shape index (κ3) is 1.92. The predicted molar refractivity (Wildman–Crippen MR) is 56.4 cm³/mol. The van der Waals surface area contributed by atoms with Gasteiger partial charge in [0.1, 0.15) is 5.82 Å². The summed E-state index contributed by atoms with van der Waals surface area (Å²) < 4.78 is 2.07. The normalized spacial score (nSPS) is 18.5. The molecule has 0 radical (unpaired) electrons. The van der Waals surface area contributed by atoms with Crippen LogP contribution in [0.4, 0.5) is 0 Å². The summed E-state index contributed by atoms with van der Waals surface area (Å²) in [6, 6.07) is 0.491. The molecule has 1 saturated carbocycles. The van der Waals surface area contributed by atoms with Gasteiger partial charge in [0.05, 0.1) is 0 Å². The highest BCUT2D eigenvalue weighted by molar-refractivity contribution is 6.28. The van der Waals surface area contributed by atoms with E-state index in [0.717, 1.165) is 18.2 Å². The zero-order valence-electron chi connectivity index (χ0n) is 8.70. The van der Waals surface area contributed by atoms with Crippen LogP contribution in [0, 0.1) is 12.8 Å². The number of aromatic nitrogens is 3. The molecule has 14 heavy (non-hydrogen) atoms. The van der Waals surface area contributed by atoms with Crippen molar-refractivity contribution in [3.63, 3.8) is 0 Å². The number of hydrogen-bond donors (Lipinski definition) is 0. The summed E-state index contributed by atoms with van der Waals surface area (Å²) in [6.45, 7) is 4.16. The molecule has 78 valence electrons. The average molecular weight is 214 g/mol. The van der Waals surface area contributed by atoms with Crippen molar-refractivity contribution in [3.05, 3.63) is 11.1 Å². The van der Waals surface area contributed by atoms with Gasteiger partial charge >= 0.3 is 0 Å². The summed E-state index contributed by atoms with van der Waals surface area (Å²) in [5, 5.41) is 8.42. The van der Waals surface area contributed by atoms with Crippen LogP contribution in [0.5, 0.6) is 0 Å². The van der Waals surface area contributed by atoms with Crippen molar-refractivity contribution in [2.24, 2.45) is 5.92 Å². The van der Waals surface area contributed by atoms with Crippen molar-refractivity contribution in [3.8, 4) is 0 Å². The number of nitrogens with zero attached hydrogens (tertiary/aromatic N) is 3. The van der Waals surface area contributed by atoms with Gasteiger partial charge in [-0.25, -0.2) is 0 Å². The average Bonchev–Trinajstić information content (AvgIpc) is 2.92. The zero-order chi connectivity index (χ0) is 10.1. The van der Waals surface area contributed by atoms with Crippen molar-refractivity contribution >= 4 is 11.6 Å². The van der Waals surface area contributed by atoms with Crippen molar-refractivity contribution in [1.82, 2.24) is 14.8 Å². The fraction of sp³-hybridized carbons (Fsp3) is 0.800. The van der Waals surface area contributed by atoms with Gasteiger partial charge in [0, 0.05) is 6.04 Å². The van der Waals surface area contributed by atoms with Crippen LogP contribution < -0.4 is 0 Å². The van der Waals surface area contributed by atoms with E-state index in [4.69, 9.17) is 11.6 Å². The van der Waals surface area contributed by atoms with Gasteiger partial charge < -0.3 is 0 Å². The summed E-state index contributed by atoms with van der Waals surface area (Å²) in [7, 11) is 0. The fourth-order valence-corrected chi connectivity index (χ4v) is 2.25. The van der Waals surface area contributed by atoms with Crippen molar-refractivity contribution in [1.29, 1.82) is 0 Å². The van der Waals surface area contributed by atoms with Crippen LogP contribution >= 0.6 is 11.6 Å². The highest BCUT2D eigenvalue weighted by atomic mass is 35.5. The van der Waals surface area contributed by atoms with Gasteiger partial charge in [-0.15, -0.1) is 10.2 Å². The van der Waals surface area contributed by atoms with Crippen LogP contribution in [0.25, 0.3) is 0 Å². The van der Waals surface area contributed by atoms with Gasteiger partial charge in [-0.1, -0.05) is 19.8 Å². The minimum absolute atomic E-state index is 0.491. The van der Waals surface area contributed by atoms with E-state index in [-0.39, 0.29) is 0 Å². The maximum atomic E-state index is 6.01. The van der Waals surface area contributed by atoms with Crippen molar-refractivity contribution in [2.45, 2.75) is 45.6 Å². The number of rotatable bonds is 4. The second-order valence-electron chi connectivity index (χ2n) is 4.13. The van der Waals surface area contributed by atoms with E-state index in [1.165, 1.54) is 19.3 Å². The molecule has 2 rings (SSSR count). The van der Waals surface area contributed by atoms with Crippen LogP contribution in [0.3, 0.4) is 0 Å². The maximum absolute atomic E-state index is 6.01. The summed E-state index contributed by atoms with van der Waals surface area (Å²) >= 11 is 6.01. The van der Waals surface area contributed by atoms with Gasteiger partial charge in [-0.05, 0) is 37.3 Å². The van der Waals surface area contributed by atoms with Crippen LogP contribution in [0.15, 0.2) is 0 Å². The van der Waals surface area contributed by atoms with E-state index in [1.807, 2.05) is 6.92 Å². The Balaban J connectivity index is 2.16. The number of halogens is 1. The van der Waals surface area contributed by atoms with Crippen molar-refractivity contribution in [2.75, 3.05) is 0 Å². The summed E-state index contributed by atoms with van der Waals surface area (Å²) in [6.07, 6.45) is 5.11. The SMILES string of the molecule is CCC(CC1CC1)n1c(C)nnc1Cl. The molecule has 0 spiro atoms. The Morgan fingerprint density at radius 2 is 2.21 bits per heavy atom. The molecule has 1 aliphatic rings. The van der Waals surface area contributed by atoms with E-state index in [1.54, 1.807) is 0 Å². The molecule has 0 amide bonds. The summed E-state index contributed by atoms with van der Waals surface area (Å²) in [5.74, 6) is 1.85. The minimum Gasteiger partial charge on any atom is -0.299 e. The first-order chi connectivity index (χ1) is 6.72. The van der Waals surface area contributed by atoms with Crippen LogP contribution in [0.2, 0.25) is 5.28 Å². The molecule has 1 fully saturated rings. The Morgan fingerprint density at radius 3 is 2.64 bits per heavy atom. The summed E-state index contributed by atoms with van der Waals surface area (Å²) in [5.41, 5.74) is 0. The lowest BCUT2D eigenvalue weighted by Crippen LogP contribution is -2.11. The molecule has 1 heterocycles. The van der Waals surface area contributed by atoms with Gasteiger partial charge in [0.25, 0.3) is 0 Å². The Hall–Kier alpha value is -0.570. The lowest BCUT2D eigenvalue weighted by atomic mass is 10.1. The molecule has 1 unspecified atom stereocenters. The quantitative estimate of drug-likeness (QED) is 0.770. The minimum atomic E-state index is 0.491. The Labute approximate surface area is 89.5 Å². The van der Waals surface area contributed by atoms with E-state index in [9.17, 15) is 0 Å². The largest absolute Gasteiger partial charge is 0.299 e. The molecule has 4 heteroatoms. The highest BCUT2D eigenvalue weighted by Gasteiger charge is 2.27. The van der Waals surface area contributed by atoms with Crippen LogP contribution in [-0.2, 0) is 0 Å². The van der Waals surface area contributed by atoms with Crippen LogP contribution in [-0.4, -0.2) is 14.8 Å². The third-order valence-electron chi connectivity index (χ3n) is 2.96. The van der Waals surface area contributed by atoms with E-state index >= 15 is 0 Å². The molecule has 1 aromatic heterocycles. The molecule has 1 atom stereocenters. The van der Waals surface area contributed by atoms with E-state index < -0.39 is 0 Å². The van der Waals surface area contributed by atoms with E-state index in [2.05, 4.69) is 21.7 Å². The predicted octanol–water partition coefficient (Wildman–Crippen LogP) is 2.99. The summed E-state index contributed by atoms with van der Waals surface area (Å²) in [4.78, 5) is 0. The lowest BCUT2D eigenvalue weighted by Gasteiger charge is -2.17. The second-order valence-corrected chi connectivity index (χ2v) is 4.47. The molecule has 0 aromatic carbocycles. The third-order valence-corrected chi connectivity index (χ3v) is 3.22. The molecule has 1 aliphatic carbocycles. The Kier molecular flexibility index (Phi) is 2.77.